The molecule has 2 aromatic carbocycles. The van der Waals surface area contributed by atoms with Crippen molar-refractivity contribution in [2.75, 3.05) is 19.1 Å². The summed E-state index contributed by atoms with van der Waals surface area (Å²) in [7, 11) is 3.28. The molecule has 0 spiro atoms. The maximum atomic E-state index is 13.1. The van der Waals surface area contributed by atoms with Crippen molar-refractivity contribution in [3.63, 3.8) is 0 Å². The third-order valence-electron chi connectivity index (χ3n) is 6.06. The normalized spacial score (nSPS) is 24.0. The molecule has 2 aliphatic rings. The third kappa shape index (κ3) is 2.49. The summed E-state index contributed by atoms with van der Waals surface area (Å²) < 4.78 is 5.36. The van der Waals surface area contributed by atoms with Crippen LogP contribution >= 0.6 is 0 Å². The standard InChI is InChI=1S/C22H23NO4/c1-13-15-9-8-14(20(24)16(15)10-11-19(13)27-3)12-22(26)17-6-4-5-7-18(17)23(2)21(22)25/h4-7,10-11,14,26H,8-9,12H2,1-3H3/t14-,22+/m1/s1. The summed E-state index contributed by atoms with van der Waals surface area (Å²) in [6.07, 6.45) is 1.45. The number of hydrogen-bond acceptors (Lipinski definition) is 4. The molecule has 4 rings (SSSR count). The van der Waals surface area contributed by atoms with Gasteiger partial charge >= 0.3 is 0 Å². The number of fused-ring (bicyclic) bond motifs is 2. The van der Waals surface area contributed by atoms with E-state index in [1.807, 2.05) is 31.2 Å². The van der Waals surface area contributed by atoms with E-state index in [1.54, 1.807) is 26.3 Å². The van der Waals surface area contributed by atoms with Gasteiger partial charge in [0.2, 0.25) is 0 Å². The van der Waals surface area contributed by atoms with Crippen LogP contribution in [0.3, 0.4) is 0 Å². The molecule has 27 heavy (non-hydrogen) atoms. The molecule has 1 aliphatic heterocycles. The fraction of sp³-hybridized carbons (Fsp3) is 0.364. The second kappa shape index (κ2) is 6.20. The summed E-state index contributed by atoms with van der Waals surface area (Å²) in [5, 5.41) is 11.3. The van der Waals surface area contributed by atoms with E-state index < -0.39 is 5.60 Å². The van der Waals surface area contributed by atoms with Crippen molar-refractivity contribution < 1.29 is 19.4 Å². The first-order valence-electron chi connectivity index (χ1n) is 9.19. The number of rotatable bonds is 3. The Bertz CT molecular complexity index is 951. The van der Waals surface area contributed by atoms with Crippen molar-refractivity contribution in [3.8, 4) is 5.75 Å². The van der Waals surface area contributed by atoms with E-state index >= 15 is 0 Å². The predicted octanol–water partition coefficient (Wildman–Crippen LogP) is 3.00. The van der Waals surface area contributed by atoms with Crippen LogP contribution < -0.4 is 9.64 Å². The van der Waals surface area contributed by atoms with E-state index in [1.165, 1.54) is 4.90 Å². The average molecular weight is 365 g/mol. The predicted molar refractivity (Wildman–Crippen MR) is 102 cm³/mol. The molecule has 0 saturated heterocycles. The Morgan fingerprint density at radius 2 is 1.96 bits per heavy atom. The third-order valence-corrected chi connectivity index (χ3v) is 6.06. The van der Waals surface area contributed by atoms with Gasteiger partial charge in [0.25, 0.3) is 5.91 Å². The number of nitrogens with zero attached hydrogens (tertiary/aromatic N) is 1. The summed E-state index contributed by atoms with van der Waals surface area (Å²) in [5.41, 5.74) is 2.32. The zero-order valence-electron chi connectivity index (χ0n) is 15.8. The van der Waals surface area contributed by atoms with Gasteiger partial charge in [-0.3, -0.25) is 9.59 Å². The zero-order valence-corrected chi connectivity index (χ0v) is 15.8. The number of carbonyl (C=O) groups excluding carboxylic acids is 2. The van der Waals surface area contributed by atoms with E-state index in [-0.39, 0.29) is 24.0 Å². The highest BCUT2D eigenvalue weighted by Crippen LogP contribution is 2.45. The fourth-order valence-corrected chi connectivity index (χ4v) is 4.55. The van der Waals surface area contributed by atoms with Crippen molar-refractivity contribution in [1.29, 1.82) is 0 Å². The lowest BCUT2D eigenvalue weighted by atomic mass is 9.74. The molecule has 1 N–H and O–H groups in total. The minimum atomic E-state index is -1.65. The first kappa shape index (κ1) is 17.7. The molecule has 1 amide bonds. The molecule has 0 radical (unpaired) electrons. The van der Waals surface area contributed by atoms with E-state index in [4.69, 9.17) is 4.74 Å². The number of hydrogen-bond donors (Lipinski definition) is 1. The highest BCUT2D eigenvalue weighted by atomic mass is 16.5. The molecule has 0 bridgehead atoms. The van der Waals surface area contributed by atoms with Crippen LogP contribution in [0.4, 0.5) is 5.69 Å². The lowest BCUT2D eigenvalue weighted by Gasteiger charge is -2.30. The quantitative estimate of drug-likeness (QED) is 0.908. The summed E-state index contributed by atoms with van der Waals surface area (Å²) in [4.78, 5) is 27.4. The van der Waals surface area contributed by atoms with Gasteiger partial charge in [0.05, 0.1) is 12.8 Å². The Labute approximate surface area is 158 Å². The van der Waals surface area contributed by atoms with Crippen LogP contribution in [0.25, 0.3) is 0 Å². The Hall–Kier alpha value is -2.66. The van der Waals surface area contributed by atoms with Crippen LogP contribution in [0.5, 0.6) is 5.75 Å². The fourth-order valence-electron chi connectivity index (χ4n) is 4.55. The number of carbonyl (C=O) groups is 2. The van der Waals surface area contributed by atoms with Crippen molar-refractivity contribution >= 4 is 17.4 Å². The van der Waals surface area contributed by atoms with Crippen LogP contribution in [0.1, 0.15) is 39.9 Å². The van der Waals surface area contributed by atoms with Crippen LogP contribution in [-0.2, 0) is 16.8 Å². The van der Waals surface area contributed by atoms with E-state index in [2.05, 4.69) is 0 Å². The molecule has 5 nitrogen and oxygen atoms in total. The van der Waals surface area contributed by atoms with Crippen LogP contribution in [-0.4, -0.2) is 31.0 Å². The molecule has 0 aromatic heterocycles. The minimum Gasteiger partial charge on any atom is -0.496 e. The van der Waals surface area contributed by atoms with Gasteiger partial charge < -0.3 is 14.7 Å². The lowest BCUT2D eigenvalue weighted by molar-refractivity contribution is -0.137. The maximum absolute atomic E-state index is 13.1. The molecule has 0 saturated carbocycles. The molecule has 1 aliphatic carbocycles. The number of ether oxygens (including phenoxy) is 1. The molecule has 2 atom stereocenters. The number of likely N-dealkylation sites (N-methyl/N-ethyl adjacent to an activating group) is 1. The number of anilines is 1. The highest BCUT2D eigenvalue weighted by Gasteiger charge is 2.50. The zero-order chi connectivity index (χ0) is 19.3. The van der Waals surface area contributed by atoms with Crippen molar-refractivity contribution in [1.82, 2.24) is 0 Å². The topological polar surface area (TPSA) is 66.8 Å². The second-order valence-electron chi connectivity index (χ2n) is 7.46. The number of aliphatic hydroxyl groups is 1. The smallest absolute Gasteiger partial charge is 0.263 e. The van der Waals surface area contributed by atoms with E-state index in [0.717, 1.165) is 23.3 Å². The van der Waals surface area contributed by atoms with Crippen LogP contribution in [0.2, 0.25) is 0 Å². The first-order chi connectivity index (χ1) is 12.9. The molecule has 1 heterocycles. The van der Waals surface area contributed by atoms with Crippen LogP contribution in [0.15, 0.2) is 36.4 Å². The van der Waals surface area contributed by atoms with Gasteiger partial charge in [-0.25, -0.2) is 0 Å². The van der Waals surface area contributed by atoms with Crippen molar-refractivity contribution in [2.24, 2.45) is 5.92 Å². The SMILES string of the molecule is COc1ccc2c(c1C)CC[C@H](C[C@@]1(O)C(=O)N(C)c3ccccc31)C2=O. The Kier molecular flexibility index (Phi) is 4.07. The summed E-state index contributed by atoms with van der Waals surface area (Å²) in [6, 6.07) is 10.9. The summed E-state index contributed by atoms with van der Waals surface area (Å²) in [6.45, 7) is 1.96. The van der Waals surface area contributed by atoms with Gasteiger partial charge in [0.1, 0.15) is 5.75 Å². The van der Waals surface area contributed by atoms with Gasteiger partial charge in [0.15, 0.2) is 11.4 Å². The number of methoxy groups -OCH3 is 1. The van der Waals surface area contributed by atoms with Gasteiger partial charge in [-0.1, -0.05) is 18.2 Å². The number of amides is 1. The van der Waals surface area contributed by atoms with Crippen molar-refractivity contribution in [3.05, 3.63) is 58.7 Å². The molecule has 0 unspecified atom stereocenters. The van der Waals surface area contributed by atoms with E-state index in [0.29, 0.717) is 23.2 Å². The Balaban J connectivity index is 1.68. The average Bonchev–Trinajstić information content (AvgIpc) is 2.87. The lowest BCUT2D eigenvalue weighted by Crippen LogP contribution is -2.42. The largest absolute Gasteiger partial charge is 0.496 e. The van der Waals surface area contributed by atoms with Gasteiger partial charge in [0, 0.05) is 24.1 Å². The molecule has 2 aromatic rings. The van der Waals surface area contributed by atoms with Gasteiger partial charge in [-0.05, 0) is 55.5 Å². The highest BCUT2D eigenvalue weighted by molar-refractivity contribution is 6.07. The number of ketones is 1. The summed E-state index contributed by atoms with van der Waals surface area (Å²) >= 11 is 0. The maximum Gasteiger partial charge on any atom is 0.263 e. The molecule has 0 fully saturated rings. The van der Waals surface area contributed by atoms with Crippen LogP contribution in [0, 0.1) is 12.8 Å². The molecular formula is C22H23NO4. The number of benzene rings is 2. The van der Waals surface area contributed by atoms with E-state index in [9.17, 15) is 14.7 Å². The second-order valence-corrected chi connectivity index (χ2v) is 7.46. The molecule has 140 valence electrons. The molecule has 5 heteroatoms. The monoisotopic (exact) mass is 365 g/mol. The van der Waals surface area contributed by atoms with Gasteiger partial charge in [-0.2, -0.15) is 0 Å². The molecular weight excluding hydrogens is 342 g/mol. The Morgan fingerprint density at radius 1 is 1.22 bits per heavy atom. The number of para-hydroxylation sites is 1. The van der Waals surface area contributed by atoms with Crippen molar-refractivity contribution in [2.45, 2.75) is 31.8 Å². The summed E-state index contributed by atoms with van der Waals surface area (Å²) in [5.74, 6) is 0.0161. The minimum absolute atomic E-state index is 0.00439. The van der Waals surface area contributed by atoms with Gasteiger partial charge in [-0.15, -0.1) is 0 Å². The first-order valence-corrected chi connectivity index (χ1v) is 9.19. The number of Topliss-reactive ketones (excluding diaryl/α,β-unsaturated/α-hetero) is 1. The Morgan fingerprint density at radius 3 is 2.70 bits per heavy atom.